The van der Waals surface area contributed by atoms with Crippen molar-refractivity contribution in [3.05, 3.63) is 29.8 Å². The Balaban J connectivity index is 1.97. The quantitative estimate of drug-likeness (QED) is 0.849. The Hall–Kier alpha value is -1.23. The summed E-state index contributed by atoms with van der Waals surface area (Å²) in [6, 6.07) is 4.89. The summed E-state index contributed by atoms with van der Waals surface area (Å²) in [6.45, 7) is 0. The molecule has 1 aromatic rings. The number of hydrogen-bond acceptors (Lipinski definition) is 2. The highest BCUT2D eigenvalue weighted by molar-refractivity contribution is 5.29. The van der Waals surface area contributed by atoms with E-state index in [4.69, 9.17) is 10.5 Å². The summed E-state index contributed by atoms with van der Waals surface area (Å²) in [5.74, 6) is 0.463. The van der Waals surface area contributed by atoms with E-state index in [2.05, 4.69) is 0 Å². The third kappa shape index (κ3) is 2.47. The zero-order chi connectivity index (χ0) is 11.8. The molecule has 1 fully saturated rings. The Labute approximate surface area is 91.2 Å². The smallest absolute Gasteiger partial charge is 0.416 e. The Morgan fingerprint density at radius 2 is 1.69 bits per heavy atom. The van der Waals surface area contributed by atoms with Crippen LogP contribution in [0, 0.1) is 0 Å². The molecule has 2 rings (SSSR count). The van der Waals surface area contributed by atoms with Gasteiger partial charge in [0.05, 0.1) is 5.56 Å². The van der Waals surface area contributed by atoms with E-state index in [1.54, 1.807) is 0 Å². The number of alkyl halides is 3. The SMILES string of the molecule is N[C@H]1C[C@@H](Oc2ccc(C(F)(F)F)cc2)C1. The van der Waals surface area contributed by atoms with Crippen LogP contribution in [0.5, 0.6) is 5.75 Å². The molecule has 2 N–H and O–H groups in total. The second-order valence-electron chi connectivity index (χ2n) is 3.99. The molecule has 0 bridgehead atoms. The third-order valence-electron chi connectivity index (χ3n) is 2.62. The van der Waals surface area contributed by atoms with E-state index in [9.17, 15) is 13.2 Å². The molecule has 0 spiro atoms. The van der Waals surface area contributed by atoms with Crippen LogP contribution in [0.1, 0.15) is 18.4 Å². The molecule has 0 radical (unpaired) electrons. The molecule has 0 saturated heterocycles. The van der Waals surface area contributed by atoms with Gasteiger partial charge in [0.2, 0.25) is 0 Å². The van der Waals surface area contributed by atoms with E-state index >= 15 is 0 Å². The van der Waals surface area contributed by atoms with Crippen LogP contribution in [0.2, 0.25) is 0 Å². The van der Waals surface area contributed by atoms with Crippen molar-refractivity contribution >= 4 is 0 Å². The Bertz CT molecular complexity index is 354. The third-order valence-corrected chi connectivity index (χ3v) is 2.62. The van der Waals surface area contributed by atoms with Gasteiger partial charge in [0.15, 0.2) is 0 Å². The van der Waals surface area contributed by atoms with Crippen LogP contribution >= 0.6 is 0 Å². The number of hydrogen-bond donors (Lipinski definition) is 1. The van der Waals surface area contributed by atoms with Crippen molar-refractivity contribution in [1.29, 1.82) is 0 Å². The summed E-state index contributed by atoms with van der Waals surface area (Å²) in [6.07, 6.45) is -2.72. The highest BCUT2D eigenvalue weighted by Gasteiger charge is 2.31. The monoisotopic (exact) mass is 231 g/mol. The van der Waals surface area contributed by atoms with Gasteiger partial charge in [-0.2, -0.15) is 13.2 Å². The second kappa shape index (κ2) is 3.97. The van der Waals surface area contributed by atoms with Gasteiger partial charge >= 0.3 is 6.18 Å². The lowest BCUT2D eigenvalue weighted by atomic mass is 9.90. The molecule has 0 aliphatic heterocycles. The number of benzene rings is 1. The molecule has 1 aliphatic carbocycles. The van der Waals surface area contributed by atoms with Gasteiger partial charge in [-0.25, -0.2) is 0 Å². The van der Waals surface area contributed by atoms with Gasteiger partial charge in [0, 0.05) is 6.04 Å². The molecule has 5 heteroatoms. The zero-order valence-electron chi connectivity index (χ0n) is 8.50. The average Bonchev–Trinajstić information content (AvgIpc) is 2.15. The van der Waals surface area contributed by atoms with Gasteiger partial charge in [-0.15, -0.1) is 0 Å². The highest BCUT2D eigenvalue weighted by Crippen LogP contribution is 2.31. The lowest BCUT2D eigenvalue weighted by molar-refractivity contribution is -0.137. The molecular formula is C11H12F3NO. The first-order chi connectivity index (χ1) is 7.45. The molecule has 1 aliphatic rings. The summed E-state index contributed by atoms with van der Waals surface area (Å²) in [5.41, 5.74) is 4.91. The summed E-state index contributed by atoms with van der Waals surface area (Å²) in [7, 11) is 0. The summed E-state index contributed by atoms with van der Waals surface area (Å²) in [4.78, 5) is 0. The second-order valence-corrected chi connectivity index (χ2v) is 3.99. The standard InChI is InChI=1S/C11H12F3NO/c12-11(13,14)7-1-3-9(4-2-7)16-10-5-8(15)6-10/h1-4,8,10H,5-6,15H2/t8-,10+. The van der Waals surface area contributed by atoms with Crippen LogP contribution < -0.4 is 10.5 Å². The number of halogens is 3. The first-order valence-electron chi connectivity index (χ1n) is 5.04. The number of rotatable bonds is 2. The fraction of sp³-hybridized carbons (Fsp3) is 0.455. The van der Waals surface area contributed by atoms with E-state index in [1.165, 1.54) is 12.1 Å². The van der Waals surface area contributed by atoms with Crippen LogP contribution in [0.3, 0.4) is 0 Å². The molecular weight excluding hydrogens is 219 g/mol. The molecule has 1 saturated carbocycles. The molecule has 88 valence electrons. The van der Waals surface area contributed by atoms with Gasteiger partial charge in [-0.1, -0.05) is 0 Å². The van der Waals surface area contributed by atoms with Crippen LogP contribution in [0.15, 0.2) is 24.3 Å². The molecule has 16 heavy (non-hydrogen) atoms. The first-order valence-corrected chi connectivity index (χ1v) is 5.04. The van der Waals surface area contributed by atoms with Crippen molar-refractivity contribution in [2.45, 2.75) is 31.2 Å². The maximum absolute atomic E-state index is 12.3. The summed E-state index contributed by atoms with van der Waals surface area (Å²) in [5, 5.41) is 0. The van der Waals surface area contributed by atoms with Crippen molar-refractivity contribution in [2.75, 3.05) is 0 Å². The van der Waals surface area contributed by atoms with E-state index in [-0.39, 0.29) is 12.1 Å². The summed E-state index contributed by atoms with van der Waals surface area (Å²) >= 11 is 0. The van der Waals surface area contributed by atoms with Gasteiger partial charge in [-0.3, -0.25) is 0 Å². The van der Waals surface area contributed by atoms with Crippen LogP contribution in [0.4, 0.5) is 13.2 Å². The van der Waals surface area contributed by atoms with Crippen molar-refractivity contribution < 1.29 is 17.9 Å². The fourth-order valence-electron chi connectivity index (χ4n) is 1.62. The Morgan fingerprint density at radius 3 is 2.12 bits per heavy atom. The predicted octanol–water partition coefficient (Wildman–Crippen LogP) is 2.57. The zero-order valence-corrected chi connectivity index (χ0v) is 8.50. The molecule has 0 aromatic heterocycles. The van der Waals surface area contributed by atoms with E-state index in [0.29, 0.717) is 5.75 Å². The largest absolute Gasteiger partial charge is 0.490 e. The van der Waals surface area contributed by atoms with Crippen LogP contribution in [0.25, 0.3) is 0 Å². The average molecular weight is 231 g/mol. The van der Waals surface area contributed by atoms with E-state index in [1.807, 2.05) is 0 Å². The molecule has 0 amide bonds. The minimum absolute atomic E-state index is 0.0479. The minimum atomic E-state index is -4.29. The Morgan fingerprint density at radius 1 is 1.12 bits per heavy atom. The lowest BCUT2D eigenvalue weighted by Crippen LogP contribution is -2.43. The highest BCUT2D eigenvalue weighted by atomic mass is 19.4. The van der Waals surface area contributed by atoms with Gasteiger partial charge in [0.1, 0.15) is 11.9 Å². The topological polar surface area (TPSA) is 35.2 Å². The van der Waals surface area contributed by atoms with E-state index < -0.39 is 11.7 Å². The summed E-state index contributed by atoms with van der Waals surface area (Å²) < 4.78 is 42.2. The van der Waals surface area contributed by atoms with Crippen LogP contribution in [-0.2, 0) is 6.18 Å². The minimum Gasteiger partial charge on any atom is -0.490 e. The molecule has 1 aromatic carbocycles. The maximum Gasteiger partial charge on any atom is 0.416 e. The fourth-order valence-corrected chi connectivity index (χ4v) is 1.62. The number of nitrogens with two attached hydrogens (primary N) is 1. The van der Waals surface area contributed by atoms with E-state index in [0.717, 1.165) is 25.0 Å². The molecule has 2 nitrogen and oxygen atoms in total. The van der Waals surface area contributed by atoms with Crippen molar-refractivity contribution in [3.8, 4) is 5.75 Å². The van der Waals surface area contributed by atoms with Crippen molar-refractivity contribution in [3.63, 3.8) is 0 Å². The lowest BCUT2D eigenvalue weighted by Gasteiger charge is -2.32. The van der Waals surface area contributed by atoms with Crippen LogP contribution in [-0.4, -0.2) is 12.1 Å². The predicted molar refractivity (Wildman–Crippen MR) is 53.1 cm³/mol. The molecule has 0 heterocycles. The molecule has 0 atom stereocenters. The maximum atomic E-state index is 12.3. The first kappa shape index (κ1) is 11.3. The van der Waals surface area contributed by atoms with Gasteiger partial charge < -0.3 is 10.5 Å². The van der Waals surface area contributed by atoms with Gasteiger partial charge in [-0.05, 0) is 37.1 Å². The normalized spacial score (nSPS) is 25.0. The molecule has 0 unspecified atom stereocenters. The Kier molecular flexibility index (Phi) is 2.80. The van der Waals surface area contributed by atoms with Crippen molar-refractivity contribution in [1.82, 2.24) is 0 Å². The van der Waals surface area contributed by atoms with Crippen molar-refractivity contribution in [2.24, 2.45) is 5.73 Å². The van der Waals surface area contributed by atoms with Gasteiger partial charge in [0.25, 0.3) is 0 Å². The number of ether oxygens (including phenoxy) is 1.